The largest absolute Gasteiger partial charge is 0.458 e. The summed E-state index contributed by atoms with van der Waals surface area (Å²) in [5.74, 6) is -0.630. The molecule has 3 N–H and O–H groups in total. The highest BCUT2D eigenvalue weighted by atomic mass is 16.5. The number of hydrogen-bond donors (Lipinski definition) is 3. The number of carbonyl (C=O) groups is 2. The molecule has 0 heterocycles. The van der Waals surface area contributed by atoms with Gasteiger partial charge in [0.15, 0.2) is 0 Å². The molecule has 0 aliphatic carbocycles. The standard InChI is InChI=1S/C52H93NO5/c1-4-7-10-13-16-19-22-23-24-25-26-27-30-33-36-39-42-45-52(57)58-48(43-40-37-34-31-28-20-17-14-11-8-5-2)46-51(56)53-49(47-54)50(55)44-41-38-35-32-29-21-18-15-12-9-6-3/h16,19,23-24,26-27,31,34,40,43,48-50,54-55H,4-15,17-18,20-22,25,28-30,32-33,35-39,41-42,44-47H2,1-3H3,(H,53,56)/b19-16-,24-23-,27-26-,34-31-,43-40+. The van der Waals surface area contributed by atoms with Crippen LogP contribution in [-0.2, 0) is 14.3 Å². The van der Waals surface area contributed by atoms with Gasteiger partial charge in [-0.05, 0) is 76.7 Å². The summed E-state index contributed by atoms with van der Waals surface area (Å²) < 4.78 is 5.80. The van der Waals surface area contributed by atoms with Crippen LogP contribution in [0.4, 0.5) is 0 Å². The van der Waals surface area contributed by atoms with E-state index in [1.54, 1.807) is 0 Å². The van der Waals surface area contributed by atoms with Crippen LogP contribution < -0.4 is 5.32 Å². The number of ether oxygens (including phenoxy) is 1. The maximum atomic E-state index is 13.1. The fraction of sp³-hybridized carbons (Fsp3) is 0.769. The average Bonchev–Trinajstić information content (AvgIpc) is 3.22. The molecule has 0 radical (unpaired) electrons. The summed E-state index contributed by atoms with van der Waals surface area (Å²) in [6, 6.07) is -0.737. The number of amides is 1. The number of hydrogen-bond acceptors (Lipinski definition) is 5. The zero-order valence-corrected chi connectivity index (χ0v) is 38.2. The summed E-state index contributed by atoms with van der Waals surface area (Å²) in [4.78, 5) is 26.0. The second kappa shape index (κ2) is 45.6. The summed E-state index contributed by atoms with van der Waals surface area (Å²) in [7, 11) is 0. The lowest BCUT2D eigenvalue weighted by Crippen LogP contribution is -2.46. The molecular weight excluding hydrogens is 719 g/mol. The first kappa shape index (κ1) is 55.6. The molecule has 3 atom stereocenters. The third-order valence-electron chi connectivity index (χ3n) is 10.8. The van der Waals surface area contributed by atoms with E-state index < -0.39 is 18.2 Å². The molecule has 0 aromatic carbocycles. The first-order chi connectivity index (χ1) is 28.5. The number of nitrogens with one attached hydrogen (secondary N) is 1. The SMILES string of the molecule is CCCCC/C=C\C/C=C\C/C=C\CCCCCCC(=O)OC(/C=C/C/C=C\CCCCCCCC)CC(=O)NC(CO)C(O)CCCCCCCCCCCCC. The predicted octanol–water partition coefficient (Wildman–Crippen LogP) is 14.5. The third kappa shape index (κ3) is 40.3. The van der Waals surface area contributed by atoms with E-state index in [2.05, 4.69) is 74.7 Å². The fourth-order valence-corrected chi connectivity index (χ4v) is 7.05. The minimum Gasteiger partial charge on any atom is -0.458 e. The van der Waals surface area contributed by atoms with Gasteiger partial charge in [0, 0.05) is 6.42 Å². The van der Waals surface area contributed by atoms with Crippen LogP contribution in [0.2, 0.25) is 0 Å². The van der Waals surface area contributed by atoms with Gasteiger partial charge in [-0.3, -0.25) is 9.59 Å². The molecular formula is C52H93NO5. The van der Waals surface area contributed by atoms with Crippen LogP contribution >= 0.6 is 0 Å². The fourth-order valence-electron chi connectivity index (χ4n) is 7.05. The molecule has 336 valence electrons. The van der Waals surface area contributed by atoms with Gasteiger partial charge >= 0.3 is 5.97 Å². The van der Waals surface area contributed by atoms with Crippen LogP contribution in [0.3, 0.4) is 0 Å². The molecule has 0 aliphatic rings. The monoisotopic (exact) mass is 812 g/mol. The average molecular weight is 812 g/mol. The normalized spacial score (nSPS) is 13.8. The second-order valence-electron chi connectivity index (χ2n) is 16.5. The molecule has 0 bridgehead atoms. The van der Waals surface area contributed by atoms with Crippen molar-refractivity contribution in [3.05, 3.63) is 60.8 Å². The Hall–Kier alpha value is -2.44. The topological polar surface area (TPSA) is 95.9 Å². The molecule has 0 rings (SSSR count). The van der Waals surface area contributed by atoms with Gasteiger partial charge in [0.05, 0.1) is 25.2 Å². The van der Waals surface area contributed by atoms with Crippen LogP contribution in [0.1, 0.15) is 233 Å². The minimum absolute atomic E-state index is 0.0390. The van der Waals surface area contributed by atoms with Gasteiger partial charge in [-0.2, -0.15) is 0 Å². The van der Waals surface area contributed by atoms with E-state index in [0.717, 1.165) is 70.6 Å². The Morgan fingerprint density at radius 2 is 0.914 bits per heavy atom. The van der Waals surface area contributed by atoms with Crippen molar-refractivity contribution in [1.29, 1.82) is 0 Å². The summed E-state index contributed by atoms with van der Waals surface area (Å²) in [5, 5.41) is 23.6. The molecule has 0 aromatic rings. The van der Waals surface area contributed by atoms with Gasteiger partial charge < -0.3 is 20.3 Å². The minimum atomic E-state index is -0.814. The lowest BCUT2D eigenvalue weighted by atomic mass is 10.0. The zero-order chi connectivity index (χ0) is 42.4. The summed E-state index contributed by atoms with van der Waals surface area (Å²) in [6.07, 6.45) is 55.9. The van der Waals surface area contributed by atoms with Gasteiger partial charge in [-0.1, -0.05) is 204 Å². The van der Waals surface area contributed by atoms with Crippen molar-refractivity contribution in [2.75, 3.05) is 6.61 Å². The molecule has 0 saturated heterocycles. The number of aliphatic hydroxyl groups excluding tert-OH is 2. The third-order valence-corrected chi connectivity index (χ3v) is 10.8. The van der Waals surface area contributed by atoms with E-state index in [0.29, 0.717) is 19.3 Å². The van der Waals surface area contributed by atoms with Crippen molar-refractivity contribution in [3.8, 4) is 0 Å². The summed E-state index contributed by atoms with van der Waals surface area (Å²) >= 11 is 0. The van der Waals surface area contributed by atoms with E-state index in [4.69, 9.17) is 4.74 Å². The highest BCUT2D eigenvalue weighted by Crippen LogP contribution is 2.15. The molecule has 3 unspecified atom stereocenters. The van der Waals surface area contributed by atoms with E-state index in [-0.39, 0.29) is 24.9 Å². The van der Waals surface area contributed by atoms with Crippen molar-refractivity contribution in [2.24, 2.45) is 0 Å². The molecule has 0 spiro atoms. The molecule has 58 heavy (non-hydrogen) atoms. The van der Waals surface area contributed by atoms with Crippen molar-refractivity contribution >= 4 is 11.9 Å². The van der Waals surface area contributed by atoms with E-state index in [1.807, 2.05) is 12.2 Å². The van der Waals surface area contributed by atoms with E-state index in [1.165, 1.54) is 116 Å². The quantitative estimate of drug-likeness (QED) is 0.0324. The number of rotatable bonds is 43. The van der Waals surface area contributed by atoms with Gasteiger partial charge in [0.1, 0.15) is 6.10 Å². The maximum Gasteiger partial charge on any atom is 0.306 e. The molecule has 0 fully saturated rings. The Balaban J connectivity index is 4.67. The Labute approximate surface area is 358 Å². The highest BCUT2D eigenvalue weighted by Gasteiger charge is 2.23. The second-order valence-corrected chi connectivity index (χ2v) is 16.5. The van der Waals surface area contributed by atoms with Gasteiger partial charge in [0.25, 0.3) is 0 Å². The Bertz CT molecular complexity index is 1050. The number of aliphatic hydroxyl groups is 2. The molecule has 0 aliphatic heterocycles. The number of carbonyl (C=O) groups excluding carboxylic acids is 2. The Kier molecular flexibility index (Phi) is 43.7. The van der Waals surface area contributed by atoms with Gasteiger partial charge in [-0.25, -0.2) is 0 Å². The van der Waals surface area contributed by atoms with Crippen molar-refractivity contribution in [1.82, 2.24) is 5.32 Å². The molecule has 6 nitrogen and oxygen atoms in total. The van der Waals surface area contributed by atoms with Gasteiger partial charge in [0.2, 0.25) is 5.91 Å². The number of allylic oxidation sites excluding steroid dienone is 9. The first-order valence-electron chi connectivity index (χ1n) is 24.5. The van der Waals surface area contributed by atoms with Crippen LogP contribution in [0, 0.1) is 0 Å². The van der Waals surface area contributed by atoms with Crippen molar-refractivity contribution in [3.63, 3.8) is 0 Å². The van der Waals surface area contributed by atoms with Crippen LogP contribution in [0.15, 0.2) is 60.8 Å². The first-order valence-corrected chi connectivity index (χ1v) is 24.5. The van der Waals surface area contributed by atoms with Gasteiger partial charge in [-0.15, -0.1) is 0 Å². The smallest absolute Gasteiger partial charge is 0.306 e. The molecule has 1 amide bonds. The van der Waals surface area contributed by atoms with E-state index >= 15 is 0 Å². The predicted molar refractivity (Wildman–Crippen MR) is 250 cm³/mol. The molecule has 0 aromatic heterocycles. The van der Waals surface area contributed by atoms with Crippen LogP contribution in [0.5, 0.6) is 0 Å². The highest BCUT2D eigenvalue weighted by molar-refractivity contribution is 5.78. The summed E-state index contributed by atoms with van der Waals surface area (Å²) in [6.45, 7) is 6.39. The lowest BCUT2D eigenvalue weighted by molar-refractivity contribution is -0.148. The molecule has 6 heteroatoms. The molecule has 0 saturated carbocycles. The maximum absolute atomic E-state index is 13.1. The van der Waals surface area contributed by atoms with Crippen molar-refractivity contribution in [2.45, 2.75) is 251 Å². The van der Waals surface area contributed by atoms with E-state index in [9.17, 15) is 19.8 Å². The lowest BCUT2D eigenvalue weighted by Gasteiger charge is -2.23. The van der Waals surface area contributed by atoms with Crippen LogP contribution in [-0.4, -0.2) is 46.9 Å². The summed E-state index contributed by atoms with van der Waals surface area (Å²) in [5.41, 5.74) is 0. The van der Waals surface area contributed by atoms with Crippen LogP contribution in [0.25, 0.3) is 0 Å². The number of unbranched alkanes of at least 4 members (excludes halogenated alkanes) is 23. The van der Waals surface area contributed by atoms with Crippen molar-refractivity contribution < 1.29 is 24.5 Å². The Morgan fingerprint density at radius 3 is 1.41 bits per heavy atom. The Morgan fingerprint density at radius 1 is 0.517 bits per heavy atom. The number of esters is 1. The zero-order valence-electron chi connectivity index (χ0n) is 38.2.